The molecule has 0 N–H and O–H groups in total. The van der Waals surface area contributed by atoms with Gasteiger partial charge in [0.2, 0.25) is 0 Å². The van der Waals surface area contributed by atoms with Gasteiger partial charge in [-0.1, -0.05) is 28.9 Å². The molecule has 2 aromatic heterocycles. The minimum absolute atomic E-state index is 0.00814. The molecule has 2 aromatic carbocycles. The molecule has 0 aliphatic carbocycles. The standard InChI is InChI=1S/C20H9ClF6N4O/c1-28-13-5-6-14-10(16(13)20(25,26)27)7-8-31(14)9-15-29-18(32-30-15)11-3-2-4-12(17(11)21)19(22,23)24/h2-8H,9H2. The summed E-state index contributed by atoms with van der Waals surface area (Å²) in [5.74, 6) is -0.257. The van der Waals surface area contributed by atoms with Crippen LogP contribution in [0.25, 0.3) is 27.2 Å². The van der Waals surface area contributed by atoms with E-state index < -0.39 is 34.2 Å². The first-order valence-electron chi connectivity index (χ1n) is 8.76. The monoisotopic (exact) mass is 470 g/mol. The number of aromatic nitrogens is 3. The van der Waals surface area contributed by atoms with Crippen LogP contribution in [0.2, 0.25) is 5.02 Å². The Morgan fingerprint density at radius 2 is 1.78 bits per heavy atom. The third kappa shape index (κ3) is 3.78. The van der Waals surface area contributed by atoms with Crippen molar-refractivity contribution in [3.63, 3.8) is 0 Å². The molecule has 4 aromatic rings. The highest BCUT2D eigenvalue weighted by Crippen LogP contribution is 2.42. The lowest BCUT2D eigenvalue weighted by Crippen LogP contribution is -2.06. The van der Waals surface area contributed by atoms with E-state index in [4.69, 9.17) is 22.7 Å². The molecule has 0 atom stereocenters. The molecule has 164 valence electrons. The van der Waals surface area contributed by atoms with E-state index in [1.807, 2.05) is 0 Å². The van der Waals surface area contributed by atoms with Crippen LogP contribution in [0.1, 0.15) is 17.0 Å². The topological polar surface area (TPSA) is 48.2 Å². The Morgan fingerprint density at radius 1 is 1.03 bits per heavy atom. The number of nitrogens with zero attached hydrogens (tertiary/aromatic N) is 4. The van der Waals surface area contributed by atoms with Crippen LogP contribution in [-0.2, 0) is 18.9 Å². The molecule has 0 spiro atoms. The molecular formula is C20H9ClF6N4O. The van der Waals surface area contributed by atoms with Crippen molar-refractivity contribution in [2.75, 3.05) is 0 Å². The number of halogens is 7. The van der Waals surface area contributed by atoms with E-state index >= 15 is 0 Å². The summed E-state index contributed by atoms with van der Waals surface area (Å²) in [6.07, 6.45) is -8.05. The Labute approximate surface area is 180 Å². The highest BCUT2D eigenvalue weighted by Gasteiger charge is 2.36. The van der Waals surface area contributed by atoms with E-state index in [1.54, 1.807) is 0 Å². The maximum absolute atomic E-state index is 13.5. The van der Waals surface area contributed by atoms with Crippen LogP contribution in [-0.4, -0.2) is 14.7 Å². The lowest BCUT2D eigenvalue weighted by Gasteiger charge is -2.11. The zero-order valence-electron chi connectivity index (χ0n) is 15.6. The van der Waals surface area contributed by atoms with Crippen LogP contribution in [0.4, 0.5) is 32.0 Å². The van der Waals surface area contributed by atoms with Gasteiger partial charge in [-0.15, -0.1) is 0 Å². The molecule has 0 saturated carbocycles. The smallest absolute Gasteiger partial charge is 0.340 e. The predicted octanol–water partition coefficient (Wildman–Crippen LogP) is 6.98. The first-order valence-corrected chi connectivity index (χ1v) is 9.13. The summed E-state index contributed by atoms with van der Waals surface area (Å²) in [7, 11) is 0. The summed E-state index contributed by atoms with van der Waals surface area (Å²) in [4.78, 5) is 6.97. The molecule has 0 aliphatic rings. The van der Waals surface area contributed by atoms with Gasteiger partial charge in [-0.25, -0.2) is 4.85 Å². The average Bonchev–Trinajstić information content (AvgIpc) is 3.33. The Kier molecular flexibility index (Phi) is 5.13. The maximum Gasteiger partial charge on any atom is 0.417 e. The van der Waals surface area contributed by atoms with Crippen LogP contribution in [0, 0.1) is 6.57 Å². The fourth-order valence-corrected chi connectivity index (χ4v) is 3.60. The third-order valence-electron chi connectivity index (χ3n) is 4.65. The van der Waals surface area contributed by atoms with Crippen molar-refractivity contribution in [1.29, 1.82) is 0 Å². The third-order valence-corrected chi connectivity index (χ3v) is 5.06. The van der Waals surface area contributed by atoms with Crippen molar-refractivity contribution in [1.82, 2.24) is 14.7 Å². The van der Waals surface area contributed by atoms with Gasteiger partial charge in [0.1, 0.15) is 0 Å². The van der Waals surface area contributed by atoms with E-state index in [2.05, 4.69) is 15.0 Å². The van der Waals surface area contributed by atoms with Crippen molar-refractivity contribution in [2.45, 2.75) is 18.9 Å². The lowest BCUT2D eigenvalue weighted by atomic mass is 10.1. The molecule has 2 heterocycles. The van der Waals surface area contributed by atoms with Gasteiger partial charge in [-0.3, -0.25) is 0 Å². The van der Waals surface area contributed by atoms with Crippen molar-refractivity contribution < 1.29 is 30.9 Å². The van der Waals surface area contributed by atoms with Gasteiger partial charge in [0.05, 0.1) is 34.8 Å². The number of rotatable bonds is 3. The van der Waals surface area contributed by atoms with Crippen molar-refractivity contribution in [2.24, 2.45) is 0 Å². The zero-order valence-corrected chi connectivity index (χ0v) is 16.3. The van der Waals surface area contributed by atoms with E-state index in [0.29, 0.717) is 0 Å². The maximum atomic E-state index is 13.5. The second-order valence-corrected chi connectivity index (χ2v) is 7.00. The minimum atomic E-state index is -4.73. The second kappa shape index (κ2) is 7.56. The molecule has 4 rings (SSSR count). The predicted molar refractivity (Wildman–Crippen MR) is 102 cm³/mol. The molecule has 32 heavy (non-hydrogen) atoms. The molecule has 0 saturated heterocycles. The lowest BCUT2D eigenvalue weighted by molar-refractivity contribution is -0.137. The molecule has 0 amide bonds. The fourth-order valence-electron chi connectivity index (χ4n) is 3.29. The normalized spacial score (nSPS) is 12.3. The van der Waals surface area contributed by atoms with Gasteiger partial charge in [0.15, 0.2) is 11.5 Å². The highest BCUT2D eigenvalue weighted by molar-refractivity contribution is 6.34. The van der Waals surface area contributed by atoms with E-state index in [9.17, 15) is 26.3 Å². The van der Waals surface area contributed by atoms with E-state index in [0.717, 1.165) is 18.2 Å². The quantitative estimate of drug-likeness (QED) is 0.240. The molecule has 0 unspecified atom stereocenters. The Bertz CT molecular complexity index is 1360. The molecule has 0 bridgehead atoms. The summed E-state index contributed by atoms with van der Waals surface area (Å²) >= 11 is 5.86. The van der Waals surface area contributed by atoms with Crippen LogP contribution < -0.4 is 0 Å². The number of alkyl halides is 6. The summed E-state index contributed by atoms with van der Waals surface area (Å²) in [5, 5.41) is 2.92. The molecular weight excluding hydrogens is 462 g/mol. The van der Waals surface area contributed by atoms with Gasteiger partial charge in [0.25, 0.3) is 5.89 Å². The SMILES string of the molecule is [C-]#[N+]c1ccc2c(ccn2Cc2noc(-c3cccc(C(F)(F)F)c3Cl)n2)c1C(F)(F)F. The first kappa shape index (κ1) is 21.7. The van der Waals surface area contributed by atoms with Crippen molar-refractivity contribution in [3.8, 4) is 11.5 Å². The van der Waals surface area contributed by atoms with E-state index in [1.165, 1.54) is 29.0 Å². The Hall–Kier alpha value is -3.52. The summed E-state index contributed by atoms with van der Waals surface area (Å²) < 4.78 is 86.0. The Morgan fingerprint density at radius 3 is 2.44 bits per heavy atom. The van der Waals surface area contributed by atoms with Crippen LogP contribution >= 0.6 is 11.6 Å². The minimum Gasteiger partial charge on any atom is -0.340 e. The van der Waals surface area contributed by atoms with Gasteiger partial charge in [0, 0.05) is 17.1 Å². The molecule has 12 heteroatoms. The number of hydrogen-bond donors (Lipinski definition) is 0. The summed E-state index contributed by atoms with van der Waals surface area (Å²) in [6, 6.07) is 6.88. The van der Waals surface area contributed by atoms with Gasteiger partial charge >= 0.3 is 12.4 Å². The summed E-state index contributed by atoms with van der Waals surface area (Å²) in [5.41, 5.74) is -2.59. The van der Waals surface area contributed by atoms with Crippen LogP contribution in [0.5, 0.6) is 0 Å². The zero-order chi connectivity index (χ0) is 23.3. The van der Waals surface area contributed by atoms with Gasteiger partial charge < -0.3 is 9.09 Å². The number of hydrogen-bond acceptors (Lipinski definition) is 3. The van der Waals surface area contributed by atoms with Crippen LogP contribution in [0.3, 0.4) is 0 Å². The van der Waals surface area contributed by atoms with E-state index in [-0.39, 0.29) is 34.7 Å². The van der Waals surface area contributed by atoms with Crippen molar-refractivity contribution in [3.05, 3.63) is 76.0 Å². The molecule has 0 radical (unpaired) electrons. The molecule has 0 fully saturated rings. The summed E-state index contributed by atoms with van der Waals surface area (Å²) in [6.45, 7) is 6.86. The number of benzene rings is 2. The van der Waals surface area contributed by atoms with Crippen LogP contribution in [0.15, 0.2) is 47.1 Å². The first-order chi connectivity index (χ1) is 15.0. The average molecular weight is 471 g/mol. The highest BCUT2D eigenvalue weighted by atomic mass is 35.5. The number of fused-ring (bicyclic) bond motifs is 1. The molecule has 0 aliphatic heterocycles. The molecule has 5 nitrogen and oxygen atoms in total. The van der Waals surface area contributed by atoms with Gasteiger partial charge in [-0.2, -0.15) is 31.3 Å². The second-order valence-electron chi connectivity index (χ2n) is 6.63. The largest absolute Gasteiger partial charge is 0.417 e. The van der Waals surface area contributed by atoms with Gasteiger partial charge in [-0.05, 0) is 24.3 Å². The Balaban J connectivity index is 1.71. The van der Waals surface area contributed by atoms with Crippen molar-refractivity contribution >= 4 is 28.2 Å². The fraction of sp³-hybridized carbons (Fsp3) is 0.150.